The predicted molar refractivity (Wildman–Crippen MR) is 118 cm³/mol. The summed E-state index contributed by atoms with van der Waals surface area (Å²) in [5.74, 6) is -0.0851. The van der Waals surface area contributed by atoms with E-state index in [-0.39, 0.29) is 28.5 Å². The molecule has 1 amide bonds. The molecule has 4 heterocycles. The zero-order valence-electron chi connectivity index (χ0n) is 18.8. The van der Waals surface area contributed by atoms with Gasteiger partial charge in [-0.2, -0.15) is 0 Å². The number of rotatable bonds is 6. The largest absolute Gasteiger partial charge is 0.490 e. The number of carbonyl (C=O) groups excluding carboxylic acids is 1. The van der Waals surface area contributed by atoms with Crippen LogP contribution in [0.15, 0.2) is 36.7 Å². The molecule has 7 nitrogen and oxygen atoms in total. The number of alkyl halides is 2. The summed E-state index contributed by atoms with van der Waals surface area (Å²) in [6.07, 6.45) is 3.66. The number of aromatic nitrogens is 3. The molecular weight excluding hydrogens is 430 g/mol. The summed E-state index contributed by atoms with van der Waals surface area (Å²) in [6.45, 7) is 6.52. The average Bonchev–Trinajstić information content (AvgIpc) is 3.43. The smallest absolute Gasteiger partial charge is 0.280 e. The molecule has 0 radical (unpaired) electrons. The van der Waals surface area contributed by atoms with Gasteiger partial charge in [0.05, 0.1) is 29.6 Å². The summed E-state index contributed by atoms with van der Waals surface area (Å²) in [7, 11) is 0. The van der Waals surface area contributed by atoms with E-state index in [1.165, 1.54) is 18.2 Å². The maximum absolute atomic E-state index is 13.1. The molecule has 2 fully saturated rings. The Balaban J connectivity index is 1.50. The molecule has 33 heavy (non-hydrogen) atoms. The number of pyridine rings is 2. The normalized spacial score (nSPS) is 24.2. The van der Waals surface area contributed by atoms with Crippen LogP contribution in [0.1, 0.15) is 68.2 Å². The first-order valence-corrected chi connectivity index (χ1v) is 11.1. The van der Waals surface area contributed by atoms with Crippen molar-refractivity contribution in [2.75, 3.05) is 11.9 Å². The number of carbonyl (C=O) groups is 1. The minimum atomic E-state index is -2.72. The summed E-state index contributed by atoms with van der Waals surface area (Å²) < 4.78 is 39.7. The Kier molecular flexibility index (Phi) is 5.12. The molecule has 1 saturated carbocycles. The monoisotopic (exact) mass is 456 g/mol. The molecule has 2 bridgehead atoms. The van der Waals surface area contributed by atoms with Gasteiger partial charge in [-0.1, -0.05) is 6.07 Å². The van der Waals surface area contributed by atoms with Crippen molar-refractivity contribution < 1.29 is 23.0 Å². The molecule has 1 N–H and O–H groups in total. The van der Waals surface area contributed by atoms with Crippen LogP contribution in [-0.4, -0.2) is 38.6 Å². The fourth-order valence-electron chi connectivity index (χ4n) is 4.87. The molecule has 0 spiro atoms. The van der Waals surface area contributed by atoms with E-state index in [0.717, 1.165) is 25.0 Å². The van der Waals surface area contributed by atoms with Crippen molar-refractivity contribution in [1.29, 1.82) is 0 Å². The van der Waals surface area contributed by atoms with Crippen molar-refractivity contribution in [1.82, 2.24) is 14.4 Å². The van der Waals surface area contributed by atoms with Gasteiger partial charge in [0.2, 0.25) is 0 Å². The molecule has 1 aliphatic heterocycles. The third kappa shape index (κ3) is 3.94. The van der Waals surface area contributed by atoms with Gasteiger partial charge >= 0.3 is 0 Å². The van der Waals surface area contributed by atoms with E-state index >= 15 is 0 Å². The Bertz CT molecular complexity index is 1220. The number of ether oxygens (including phenoxy) is 2. The summed E-state index contributed by atoms with van der Waals surface area (Å²) in [6, 6.07) is 5.85. The van der Waals surface area contributed by atoms with Crippen LogP contribution in [0.5, 0.6) is 5.75 Å². The number of hydrogen-bond acceptors (Lipinski definition) is 5. The van der Waals surface area contributed by atoms with Gasteiger partial charge in [0.25, 0.3) is 12.3 Å². The molecule has 3 aromatic heterocycles. The number of nitrogens with zero attached hydrogens (tertiary/aromatic N) is 3. The highest BCUT2D eigenvalue weighted by Gasteiger charge is 2.55. The van der Waals surface area contributed by atoms with Gasteiger partial charge in [-0.3, -0.25) is 4.79 Å². The lowest BCUT2D eigenvalue weighted by Gasteiger charge is -2.24. The highest BCUT2D eigenvalue weighted by Crippen LogP contribution is 2.53. The third-order valence-electron chi connectivity index (χ3n) is 6.48. The van der Waals surface area contributed by atoms with E-state index in [9.17, 15) is 13.6 Å². The van der Waals surface area contributed by atoms with Crippen LogP contribution >= 0.6 is 0 Å². The first-order chi connectivity index (χ1) is 15.7. The SMILES string of the molecule is CC(C)Oc1cc2nc(C34CCC(C)(C3)OC4)cn2cc1C(=O)Nc1cccc(C(F)F)n1. The molecule has 2 unspecified atom stereocenters. The zero-order valence-corrected chi connectivity index (χ0v) is 18.8. The van der Waals surface area contributed by atoms with Gasteiger partial charge in [-0.25, -0.2) is 18.7 Å². The number of imidazole rings is 1. The molecule has 0 aromatic carbocycles. The second-order valence-corrected chi connectivity index (χ2v) is 9.51. The number of hydrogen-bond donors (Lipinski definition) is 1. The maximum Gasteiger partial charge on any atom is 0.280 e. The van der Waals surface area contributed by atoms with E-state index in [4.69, 9.17) is 14.5 Å². The van der Waals surface area contributed by atoms with E-state index < -0.39 is 18.0 Å². The number of fused-ring (bicyclic) bond motifs is 3. The predicted octanol–water partition coefficient (Wildman–Crippen LogP) is 4.92. The highest BCUT2D eigenvalue weighted by molar-refractivity contribution is 6.05. The van der Waals surface area contributed by atoms with Crippen molar-refractivity contribution in [2.24, 2.45) is 0 Å². The molecule has 2 aliphatic rings. The first-order valence-electron chi connectivity index (χ1n) is 11.1. The van der Waals surface area contributed by atoms with Gasteiger partial charge in [-0.15, -0.1) is 0 Å². The summed E-state index contributed by atoms with van der Waals surface area (Å²) >= 11 is 0. The van der Waals surface area contributed by atoms with E-state index in [1.54, 1.807) is 12.3 Å². The quantitative estimate of drug-likeness (QED) is 0.570. The Morgan fingerprint density at radius 2 is 2.06 bits per heavy atom. The van der Waals surface area contributed by atoms with Crippen LogP contribution in [0.3, 0.4) is 0 Å². The van der Waals surface area contributed by atoms with E-state index in [0.29, 0.717) is 18.0 Å². The molecule has 1 aliphatic carbocycles. The standard InChI is InChI=1S/C24H26F2N4O3/c1-14(2)33-17-9-20-28-18(24-8-7-23(3,12-24)32-13-24)11-30(20)10-15(17)22(31)29-19-6-4-5-16(27-19)21(25)26/h4-6,9-11,14,21H,7-8,12-13H2,1-3H3,(H,27,29,31). The third-order valence-corrected chi connectivity index (χ3v) is 6.48. The minimum Gasteiger partial charge on any atom is -0.490 e. The van der Waals surface area contributed by atoms with Crippen molar-refractivity contribution in [3.8, 4) is 5.75 Å². The van der Waals surface area contributed by atoms with Crippen LogP contribution in [0.25, 0.3) is 5.65 Å². The van der Waals surface area contributed by atoms with Gasteiger partial charge < -0.3 is 19.2 Å². The van der Waals surface area contributed by atoms with Crippen LogP contribution in [-0.2, 0) is 10.2 Å². The summed E-state index contributed by atoms with van der Waals surface area (Å²) in [4.78, 5) is 21.8. The highest BCUT2D eigenvalue weighted by atomic mass is 19.3. The number of halogens is 2. The minimum absolute atomic E-state index is 0.0481. The zero-order chi connectivity index (χ0) is 23.4. The first kappa shape index (κ1) is 21.8. The molecule has 1 saturated heterocycles. The Morgan fingerprint density at radius 3 is 2.70 bits per heavy atom. The summed E-state index contributed by atoms with van der Waals surface area (Å²) in [5, 5.41) is 2.61. The van der Waals surface area contributed by atoms with Crippen LogP contribution in [0, 0.1) is 0 Å². The molecule has 174 valence electrons. The number of anilines is 1. The fraction of sp³-hybridized carbons (Fsp3) is 0.458. The Labute approximate surface area is 190 Å². The van der Waals surface area contributed by atoms with Gasteiger partial charge in [0.1, 0.15) is 22.9 Å². The second kappa shape index (κ2) is 7.76. The lowest BCUT2D eigenvalue weighted by Crippen LogP contribution is -2.26. The maximum atomic E-state index is 13.1. The van der Waals surface area contributed by atoms with Crippen LogP contribution in [0.2, 0.25) is 0 Å². The fourth-order valence-corrected chi connectivity index (χ4v) is 4.87. The molecule has 2 atom stereocenters. The van der Waals surface area contributed by atoms with Gasteiger partial charge in [0, 0.05) is 23.9 Å². The average molecular weight is 456 g/mol. The Morgan fingerprint density at radius 1 is 1.24 bits per heavy atom. The summed E-state index contributed by atoms with van der Waals surface area (Å²) in [5.41, 5.74) is 1.28. The lowest BCUT2D eigenvalue weighted by atomic mass is 9.84. The molecular formula is C24H26F2N4O3. The van der Waals surface area contributed by atoms with Gasteiger partial charge in [-0.05, 0) is 52.2 Å². The van der Waals surface area contributed by atoms with Crippen molar-refractivity contribution >= 4 is 17.4 Å². The number of amides is 1. The Hall–Kier alpha value is -3.07. The molecule has 5 rings (SSSR count). The number of nitrogens with one attached hydrogen (secondary N) is 1. The molecule has 9 heteroatoms. The van der Waals surface area contributed by atoms with E-state index in [2.05, 4.69) is 17.2 Å². The molecule has 3 aromatic rings. The van der Waals surface area contributed by atoms with Crippen molar-refractivity contribution in [2.45, 2.75) is 63.6 Å². The second-order valence-electron chi connectivity index (χ2n) is 9.51. The lowest BCUT2D eigenvalue weighted by molar-refractivity contribution is -0.00627. The van der Waals surface area contributed by atoms with Gasteiger partial charge in [0.15, 0.2) is 0 Å². The van der Waals surface area contributed by atoms with E-state index in [1.807, 2.05) is 24.4 Å². The van der Waals surface area contributed by atoms with Crippen molar-refractivity contribution in [3.63, 3.8) is 0 Å². The van der Waals surface area contributed by atoms with Crippen LogP contribution in [0.4, 0.5) is 14.6 Å². The van der Waals surface area contributed by atoms with Crippen LogP contribution < -0.4 is 10.1 Å². The topological polar surface area (TPSA) is 77.8 Å². The van der Waals surface area contributed by atoms with Crippen molar-refractivity contribution in [3.05, 3.63) is 53.6 Å².